The maximum atomic E-state index is 6.13. The Kier molecular flexibility index (Phi) is 3.68. The van der Waals surface area contributed by atoms with Crippen LogP contribution in [-0.2, 0) is 5.75 Å². The van der Waals surface area contributed by atoms with E-state index in [0.717, 1.165) is 16.1 Å². The molecule has 0 fully saturated rings. The van der Waals surface area contributed by atoms with E-state index in [1.54, 1.807) is 12.4 Å². The van der Waals surface area contributed by atoms with Gasteiger partial charge in [-0.3, -0.25) is 0 Å². The average molecular weight is 345 g/mol. The van der Waals surface area contributed by atoms with Gasteiger partial charge in [0.05, 0.1) is 22.7 Å². The molecule has 0 unspecified atom stereocenters. The quantitative estimate of drug-likeness (QED) is 0.448. The summed E-state index contributed by atoms with van der Waals surface area (Å²) in [6.45, 7) is 0. The predicted molar refractivity (Wildman–Crippen MR) is 86.0 cm³/mol. The Morgan fingerprint density at radius 2 is 2.04 bits per heavy atom. The molecule has 9 heteroatoms. The van der Waals surface area contributed by atoms with Crippen molar-refractivity contribution >= 4 is 34.5 Å². The lowest BCUT2D eigenvalue weighted by Crippen LogP contribution is -1.87. The molecule has 0 aliphatic rings. The highest BCUT2D eigenvalue weighted by Crippen LogP contribution is 2.29. The van der Waals surface area contributed by atoms with Gasteiger partial charge in [0.15, 0.2) is 5.65 Å². The maximum absolute atomic E-state index is 6.13. The number of fused-ring (bicyclic) bond motifs is 1. The number of hydrogen-bond acceptors (Lipinski definition) is 7. The minimum absolute atomic E-state index is 0.403. The Morgan fingerprint density at radius 1 is 1.13 bits per heavy atom. The second-order valence-electron chi connectivity index (χ2n) is 4.55. The van der Waals surface area contributed by atoms with Crippen LogP contribution in [0.25, 0.3) is 22.6 Å². The average Bonchev–Trinajstić information content (AvgIpc) is 3.22. The van der Waals surface area contributed by atoms with Gasteiger partial charge in [0.25, 0.3) is 0 Å². The Morgan fingerprint density at radius 3 is 2.96 bits per heavy atom. The van der Waals surface area contributed by atoms with E-state index in [-0.39, 0.29) is 0 Å². The number of halogens is 1. The molecule has 0 saturated heterocycles. The van der Waals surface area contributed by atoms with Crippen LogP contribution in [0.2, 0.25) is 5.02 Å². The van der Waals surface area contributed by atoms with Crippen LogP contribution < -0.4 is 0 Å². The van der Waals surface area contributed by atoms with Crippen LogP contribution in [0.15, 0.2) is 46.4 Å². The van der Waals surface area contributed by atoms with Crippen LogP contribution in [0.1, 0.15) is 5.89 Å². The summed E-state index contributed by atoms with van der Waals surface area (Å²) in [6.07, 6.45) is 3.07. The van der Waals surface area contributed by atoms with E-state index in [2.05, 4.69) is 30.1 Å². The number of thioether (sulfide) groups is 1. The molecule has 0 radical (unpaired) electrons. The van der Waals surface area contributed by atoms with Crippen molar-refractivity contribution < 1.29 is 4.42 Å². The Hall–Kier alpha value is -2.45. The van der Waals surface area contributed by atoms with E-state index in [1.807, 2.05) is 18.2 Å². The number of benzene rings is 1. The molecule has 1 N–H and O–H groups in total. The van der Waals surface area contributed by atoms with Gasteiger partial charge >= 0.3 is 0 Å². The summed E-state index contributed by atoms with van der Waals surface area (Å²) in [4.78, 5) is 15.4. The van der Waals surface area contributed by atoms with Crippen molar-refractivity contribution in [3.05, 3.63) is 47.8 Å². The number of aromatic nitrogens is 6. The normalized spacial score (nSPS) is 11.2. The van der Waals surface area contributed by atoms with Gasteiger partial charge in [-0.15, -0.1) is 10.2 Å². The highest BCUT2D eigenvalue weighted by atomic mass is 35.5. The molecule has 0 atom stereocenters. The van der Waals surface area contributed by atoms with E-state index >= 15 is 0 Å². The number of aromatic amines is 1. The number of nitrogens with zero attached hydrogens (tertiary/aromatic N) is 5. The molecule has 4 aromatic rings. The number of rotatable bonds is 4. The number of nitrogens with one attached hydrogen (secondary N) is 1. The van der Waals surface area contributed by atoms with Crippen LogP contribution in [0.4, 0.5) is 0 Å². The fraction of sp³-hybridized carbons (Fsp3) is 0.0714. The molecule has 0 spiro atoms. The van der Waals surface area contributed by atoms with Crippen LogP contribution >= 0.6 is 23.4 Å². The number of hydrogen-bond donors (Lipinski definition) is 1. The molecule has 0 bridgehead atoms. The molecule has 0 saturated carbocycles. The lowest BCUT2D eigenvalue weighted by Gasteiger charge is -1.99. The molecule has 0 amide bonds. The molecular formula is C14H9ClN6OS. The van der Waals surface area contributed by atoms with Gasteiger partial charge in [-0.2, -0.15) is 0 Å². The Labute approximate surface area is 139 Å². The zero-order valence-electron chi connectivity index (χ0n) is 11.6. The summed E-state index contributed by atoms with van der Waals surface area (Å²) >= 11 is 7.60. The standard InChI is InChI=1S/C14H9ClN6OS/c15-9-4-2-1-3-8(9)13-21-20-10(22-13)5-23-14-11-12(17-6-16-11)18-7-19-14/h1-4,6-7H,5H2,(H,16,17,18,19). The zero-order chi connectivity index (χ0) is 15.6. The van der Waals surface area contributed by atoms with Gasteiger partial charge in [0.1, 0.15) is 16.9 Å². The highest BCUT2D eigenvalue weighted by Gasteiger charge is 2.13. The minimum atomic E-state index is 0.403. The largest absolute Gasteiger partial charge is 0.420 e. The molecule has 0 aliphatic carbocycles. The second-order valence-corrected chi connectivity index (χ2v) is 5.92. The third kappa shape index (κ3) is 2.78. The van der Waals surface area contributed by atoms with E-state index in [4.69, 9.17) is 16.0 Å². The van der Waals surface area contributed by atoms with Crippen molar-refractivity contribution in [1.82, 2.24) is 30.1 Å². The maximum Gasteiger partial charge on any atom is 0.249 e. The first kappa shape index (κ1) is 14.2. The SMILES string of the molecule is Clc1ccccc1-c1nnc(CSc2ncnc3nc[nH]c23)o1. The van der Waals surface area contributed by atoms with Crippen molar-refractivity contribution in [1.29, 1.82) is 0 Å². The monoisotopic (exact) mass is 344 g/mol. The van der Waals surface area contributed by atoms with Crippen molar-refractivity contribution in [3.8, 4) is 11.5 Å². The smallest absolute Gasteiger partial charge is 0.249 e. The van der Waals surface area contributed by atoms with Gasteiger partial charge in [0.2, 0.25) is 11.8 Å². The summed E-state index contributed by atoms with van der Waals surface area (Å²) in [6, 6.07) is 7.34. The zero-order valence-corrected chi connectivity index (χ0v) is 13.2. The van der Waals surface area contributed by atoms with Crippen LogP contribution in [0.5, 0.6) is 0 Å². The first-order chi connectivity index (χ1) is 11.3. The lowest BCUT2D eigenvalue weighted by atomic mass is 10.2. The van der Waals surface area contributed by atoms with Crippen LogP contribution in [0.3, 0.4) is 0 Å². The summed E-state index contributed by atoms with van der Waals surface area (Å²) in [7, 11) is 0. The fourth-order valence-electron chi connectivity index (χ4n) is 2.04. The molecule has 3 heterocycles. The number of imidazole rings is 1. The Bertz CT molecular complexity index is 968. The van der Waals surface area contributed by atoms with Gasteiger partial charge in [0, 0.05) is 0 Å². The second kappa shape index (κ2) is 5.98. The number of H-pyrrole nitrogens is 1. The third-order valence-electron chi connectivity index (χ3n) is 3.09. The first-order valence-corrected chi connectivity index (χ1v) is 8.02. The molecule has 0 aliphatic heterocycles. The lowest BCUT2D eigenvalue weighted by molar-refractivity contribution is 0.528. The third-order valence-corrected chi connectivity index (χ3v) is 4.40. The van der Waals surface area contributed by atoms with Crippen LogP contribution in [0, 0.1) is 0 Å². The van der Waals surface area contributed by atoms with E-state index in [9.17, 15) is 0 Å². The van der Waals surface area contributed by atoms with E-state index < -0.39 is 0 Å². The van der Waals surface area contributed by atoms with Crippen molar-refractivity contribution in [2.24, 2.45) is 0 Å². The summed E-state index contributed by atoms with van der Waals surface area (Å²) in [5, 5.41) is 9.45. The van der Waals surface area contributed by atoms with Gasteiger partial charge < -0.3 is 9.40 Å². The summed E-state index contributed by atoms with van der Waals surface area (Å²) < 4.78 is 5.67. The molecule has 7 nitrogen and oxygen atoms in total. The summed E-state index contributed by atoms with van der Waals surface area (Å²) in [5.74, 6) is 1.39. The minimum Gasteiger partial charge on any atom is -0.420 e. The van der Waals surface area contributed by atoms with Crippen molar-refractivity contribution in [2.45, 2.75) is 10.8 Å². The fourth-order valence-corrected chi connectivity index (χ4v) is 3.05. The van der Waals surface area contributed by atoms with E-state index in [1.165, 1.54) is 18.1 Å². The summed E-state index contributed by atoms with van der Waals surface area (Å²) in [5.41, 5.74) is 2.14. The highest BCUT2D eigenvalue weighted by molar-refractivity contribution is 7.98. The molecule has 114 valence electrons. The molecular weight excluding hydrogens is 336 g/mol. The predicted octanol–water partition coefficient (Wildman–Crippen LogP) is 3.35. The van der Waals surface area contributed by atoms with E-state index in [0.29, 0.717) is 28.2 Å². The van der Waals surface area contributed by atoms with Gasteiger partial charge in [-0.25, -0.2) is 15.0 Å². The van der Waals surface area contributed by atoms with Crippen LogP contribution in [-0.4, -0.2) is 30.1 Å². The van der Waals surface area contributed by atoms with Gasteiger partial charge in [-0.1, -0.05) is 35.5 Å². The molecule has 3 aromatic heterocycles. The molecule has 4 rings (SSSR count). The van der Waals surface area contributed by atoms with Gasteiger partial charge in [-0.05, 0) is 12.1 Å². The topological polar surface area (TPSA) is 93.4 Å². The Balaban J connectivity index is 1.54. The first-order valence-electron chi connectivity index (χ1n) is 6.65. The van der Waals surface area contributed by atoms with Crippen molar-refractivity contribution in [3.63, 3.8) is 0 Å². The van der Waals surface area contributed by atoms with Crippen molar-refractivity contribution in [2.75, 3.05) is 0 Å². The molecule has 23 heavy (non-hydrogen) atoms. The molecule has 1 aromatic carbocycles.